The van der Waals surface area contributed by atoms with Crippen molar-refractivity contribution in [1.82, 2.24) is 0 Å². The summed E-state index contributed by atoms with van der Waals surface area (Å²) in [6, 6.07) is 11.0. The summed E-state index contributed by atoms with van der Waals surface area (Å²) in [5.41, 5.74) is 2.50. The molecule has 0 atom stereocenters. The molecule has 3 nitrogen and oxygen atoms in total. The van der Waals surface area contributed by atoms with Crippen LogP contribution in [0.1, 0.15) is 17.5 Å². The highest BCUT2D eigenvalue weighted by molar-refractivity contribution is 6.36. The fraction of sp³-hybridized carbons (Fsp3) is 0.235. The zero-order valence-electron chi connectivity index (χ0n) is 12.5. The molecule has 0 radical (unpaired) electrons. The van der Waals surface area contributed by atoms with Gasteiger partial charge in [0.25, 0.3) is 0 Å². The Hall–Kier alpha value is -1.71. The van der Waals surface area contributed by atoms with E-state index in [0.717, 1.165) is 11.1 Å². The number of methoxy groups -OCH3 is 1. The van der Waals surface area contributed by atoms with Crippen LogP contribution in [0.4, 0.5) is 5.69 Å². The fourth-order valence-corrected chi connectivity index (χ4v) is 2.73. The van der Waals surface area contributed by atoms with Gasteiger partial charge in [0.15, 0.2) is 0 Å². The largest absolute Gasteiger partial charge is 0.495 e. The van der Waals surface area contributed by atoms with Crippen molar-refractivity contribution in [2.75, 3.05) is 12.4 Å². The number of rotatable bonds is 5. The topological polar surface area (TPSA) is 38.3 Å². The van der Waals surface area contributed by atoms with Gasteiger partial charge in [-0.2, -0.15) is 0 Å². The second-order valence-electron chi connectivity index (χ2n) is 4.95. The van der Waals surface area contributed by atoms with Gasteiger partial charge >= 0.3 is 0 Å². The molecule has 0 spiro atoms. The van der Waals surface area contributed by atoms with Gasteiger partial charge in [-0.05, 0) is 48.7 Å². The van der Waals surface area contributed by atoms with Crippen molar-refractivity contribution in [3.63, 3.8) is 0 Å². The summed E-state index contributed by atoms with van der Waals surface area (Å²) in [7, 11) is 1.57. The summed E-state index contributed by atoms with van der Waals surface area (Å²) >= 11 is 12.2. The highest BCUT2D eigenvalue weighted by Gasteiger charge is 2.11. The van der Waals surface area contributed by atoms with E-state index in [4.69, 9.17) is 27.9 Å². The van der Waals surface area contributed by atoms with E-state index < -0.39 is 0 Å². The SMILES string of the molecule is COc1ccc(C)cc1NC(=O)CCc1c(Cl)cccc1Cl. The lowest BCUT2D eigenvalue weighted by molar-refractivity contribution is -0.116. The van der Waals surface area contributed by atoms with Crippen LogP contribution in [0.2, 0.25) is 10.0 Å². The summed E-state index contributed by atoms with van der Waals surface area (Å²) in [6.07, 6.45) is 0.777. The van der Waals surface area contributed by atoms with Crippen molar-refractivity contribution < 1.29 is 9.53 Å². The maximum atomic E-state index is 12.1. The molecular weight excluding hydrogens is 321 g/mol. The average Bonchev–Trinajstić information content (AvgIpc) is 2.47. The lowest BCUT2D eigenvalue weighted by atomic mass is 10.1. The standard InChI is InChI=1S/C17H17Cl2NO2/c1-11-6-8-16(22-2)15(10-11)20-17(21)9-7-12-13(18)4-3-5-14(12)19/h3-6,8,10H,7,9H2,1-2H3,(H,20,21). The van der Waals surface area contributed by atoms with E-state index in [1.807, 2.05) is 25.1 Å². The van der Waals surface area contributed by atoms with Crippen LogP contribution in [0, 0.1) is 6.92 Å². The molecule has 0 aliphatic rings. The number of hydrogen-bond acceptors (Lipinski definition) is 2. The molecule has 0 saturated carbocycles. The Kier molecular flexibility index (Phi) is 5.69. The Morgan fingerprint density at radius 2 is 1.86 bits per heavy atom. The number of nitrogens with one attached hydrogen (secondary N) is 1. The van der Waals surface area contributed by atoms with E-state index in [1.54, 1.807) is 25.3 Å². The number of hydrogen-bond donors (Lipinski definition) is 1. The van der Waals surface area contributed by atoms with Gasteiger partial charge in [-0.25, -0.2) is 0 Å². The van der Waals surface area contributed by atoms with Crippen LogP contribution >= 0.6 is 23.2 Å². The van der Waals surface area contributed by atoms with Gasteiger partial charge in [0.05, 0.1) is 12.8 Å². The number of anilines is 1. The first kappa shape index (κ1) is 16.7. The molecule has 0 saturated heterocycles. The molecular formula is C17H17Cl2NO2. The first-order chi connectivity index (χ1) is 10.5. The van der Waals surface area contributed by atoms with Crippen molar-refractivity contribution in [1.29, 1.82) is 0 Å². The number of ether oxygens (including phenoxy) is 1. The van der Waals surface area contributed by atoms with Crippen molar-refractivity contribution in [2.45, 2.75) is 19.8 Å². The van der Waals surface area contributed by atoms with Crippen LogP contribution in [0.5, 0.6) is 5.75 Å². The maximum absolute atomic E-state index is 12.1. The molecule has 0 aromatic heterocycles. The van der Waals surface area contributed by atoms with Gasteiger partial charge in [-0.1, -0.05) is 35.3 Å². The number of carbonyl (C=O) groups excluding carboxylic acids is 1. The number of aryl methyl sites for hydroxylation is 1. The molecule has 5 heteroatoms. The molecule has 0 heterocycles. The molecule has 0 unspecified atom stereocenters. The summed E-state index contributed by atoms with van der Waals surface area (Å²) in [4.78, 5) is 12.1. The van der Waals surface area contributed by atoms with Crippen LogP contribution in [0.15, 0.2) is 36.4 Å². The predicted molar refractivity (Wildman–Crippen MR) is 91.1 cm³/mol. The van der Waals surface area contributed by atoms with Crippen LogP contribution in [-0.2, 0) is 11.2 Å². The number of carbonyl (C=O) groups is 1. The van der Waals surface area contributed by atoms with E-state index in [-0.39, 0.29) is 5.91 Å². The fourth-order valence-electron chi connectivity index (χ4n) is 2.14. The molecule has 0 fully saturated rings. The lowest BCUT2D eigenvalue weighted by Crippen LogP contribution is -2.13. The van der Waals surface area contributed by atoms with Gasteiger partial charge in [-0.15, -0.1) is 0 Å². The Labute approximate surface area is 140 Å². The zero-order valence-corrected chi connectivity index (χ0v) is 14.0. The van der Waals surface area contributed by atoms with Gasteiger partial charge in [0.1, 0.15) is 5.75 Å². The molecule has 2 aromatic carbocycles. The van der Waals surface area contributed by atoms with Gasteiger partial charge in [-0.3, -0.25) is 4.79 Å². The molecule has 2 aromatic rings. The zero-order chi connectivity index (χ0) is 16.1. The maximum Gasteiger partial charge on any atom is 0.224 e. The lowest BCUT2D eigenvalue weighted by Gasteiger charge is -2.11. The molecule has 0 bridgehead atoms. The molecule has 22 heavy (non-hydrogen) atoms. The highest BCUT2D eigenvalue weighted by Crippen LogP contribution is 2.27. The first-order valence-corrected chi connectivity index (χ1v) is 7.64. The molecule has 2 rings (SSSR count). The second kappa shape index (κ2) is 7.52. The monoisotopic (exact) mass is 337 g/mol. The third-order valence-electron chi connectivity index (χ3n) is 3.29. The van der Waals surface area contributed by atoms with Crippen molar-refractivity contribution in [3.05, 3.63) is 57.6 Å². The third-order valence-corrected chi connectivity index (χ3v) is 4.00. The van der Waals surface area contributed by atoms with E-state index in [9.17, 15) is 4.79 Å². The average molecular weight is 338 g/mol. The third kappa shape index (κ3) is 4.15. The van der Waals surface area contributed by atoms with Crippen LogP contribution in [0.25, 0.3) is 0 Å². The Balaban J connectivity index is 2.03. The Morgan fingerprint density at radius 1 is 1.18 bits per heavy atom. The molecule has 0 aliphatic carbocycles. The summed E-state index contributed by atoms with van der Waals surface area (Å²) in [6.45, 7) is 1.96. The van der Waals surface area contributed by atoms with E-state index in [1.165, 1.54) is 0 Å². The quantitative estimate of drug-likeness (QED) is 0.844. The molecule has 1 N–H and O–H groups in total. The van der Waals surface area contributed by atoms with Crippen molar-refractivity contribution >= 4 is 34.8 Å². The van der Waals surface area contributed by atoms with E-state index in [0.29, 0.717) is 34.3 Å². The van der Waals surface area contributed by atoms with Crippen molar-refractivity contribution in [3.8, 4) is 5.75 Å². The normalized spacial score (nSPS) is 10.4. The van der Waals surface area contributed by atoms with E-state index >= 15 is 0 Å². The van der Waals surface area contributed by atoms with Gasteiger partial charge in [0.2, 0.25) is 5.91 Å². The summed E-state index contributed by atoms with van der Waals surface area (Å²) in [5, 5.41) is 4.02. The smallest absolute Gasteiger partial charge is 0.224 e. The Bertz CT molecular complexity index is 666. The summed E-state index contributed by atoms with van der Waals surface area (Å²) in [5.74, 6) is 0.523. The molecule has 116 valence electrons. The van der Waals surface area contributed by atoms with Crippen molar-refractivity contribution in [2.24, 2.45) is 0 Å². The number of benzene rings is 2. The number of amides is 1. The molecule has 0 aliphatic heterocycles. The summed E-state index contributed by atoms with van der Waals surface area (Å²) < 4.78 is 5.25. The van der Waals surface area contributed by atoms with Gasteiger partial charge in [0, 0.05) is 16.5 Å². The Morgan fingerprint density at radius 3 is 2.50 bits per heavy atom. The van der Waals surface area contributed by atoms with Gasteiger partial charge < -0.3 is 10.1 Å². The first-order valence-electron chi connectivity index (χ1n) is 6.88. The van der Waals surface area contributed by atoms with Crippen LogP contribution in [0.3, 0.4) is 0 Å². The highest BCUT2D eigenvalue weighted by atomic mass is 35.5. The predicted octanol–water partition coefficient (Wildman–Crippen LogP) is 4.88. The van der Waals surface area contributed by atoms with Crippen LogP contribution < -0.4 is 10.1 Å². The minimum Gasteiger partial charge on any atom is -0.495 e. The molecule has 1 amide bonds. The van der Waals surface area contributed by atoms with E-state index in [2.05, 4.69) is 5.32 Å². The minimum absolute atomic E-state index is 0.111. The number of halogens is 2. The second-order valence-corrected chi connectivity index (χ2v) is 5.77. The minimum atomic E-state index is -0.111. The van der Waals surface area contributed by atoms with Crippen LogP contribution in [-0.4, -0.2) is 13.0 Å².